The summed E-state index contributed by atoms with van der Waals surface area (Å²) in [6.07, 6.45) is 0. The lowest BCUT2D eigenvalue weighted by Gasteiger charge is -2.35. The summed E-state index contributed by atoms with van der Waals surface area (Å²) >= 11 is 0. The van der Waals surface area contributed by atoms with Crippen LogP contribution in [-0.2, 0) is 16.0 Å². The smallest absolute Gasteiger partial charge is 0.0642 e. The monoisotopic (exact) mass is 395 g/mol. The van der Waals surface area contributed by atoms with E-state index in [1.807, 2.05) is 0 Å². The van der Waals surface area contributed by atoms with E-state index in [2.05, 4.69) is 70.6 Å². The number of ether oxygens (including phenoxy) is 2. The molecule has 5 nitrogen and oxygen atoms in total. The molecular weight excluding hydrogens is 362 g/mol. The van der Waals surface area contributed by atoms with E-state index in [9.17, 15) is 0 Å². The number of hydrogen-bond acceptors (Lipinski definition) is 5. The Labute approximate surface area is 174 Å². The number of nitrogens with zero attached hydrogens (tertiary/aromatic N) is 2. The van der Waals surface area contributed by atoms with Crippen LogP contribution < -0.4 is 10.2 Å². The second-order valence-electron chi connectivity index (χ2n) is 7.98. The number of hydrogen-bond donors (Lipinski definition) is 1. The number of benzene rings is 2. The number of rotatable bonds is 7. The standard InChI is InChI=1S/C24H33N3O2/c1-20-3-2-4-22(17-20)24(27-11-15-29-16-12-27)19-25-18-21-5-7-23(8-6-21)26-9-13-28-14-10-26/h2-8,17,24-25H,9-16,18-19H2,1H3. The Kier molecular flexibility index (Phi) is 7.17. The molecule has 2 aliphatic rings. The zero-order valence-electron chi connectivity index (χ0n) is 17.5. The van der Waals surface area contributed by atoms with Crippen LogP contribution in [-0.4, -0.2) is 64.1 Å². The Morgan fingerprint density at radius 3 is 2.28 bits per heavy atom. The van der Waals surface area contributed by atoms with Gasteiger partial charge in [-0.15, -0.1) is 0 Å². The molecule has 2 aliphatic heterocycles. The Hall–Kier alpha value is -1.92. The van der Waals surface area contributed by atoms with Crippen LogP contribution >= 0.6 is 0 Å². The van der Waals surface area contributed by atoms with Gasteiger partial charge in [-0.05, 0) is 30.2 Å². The van der Waals surface area contributed by atoms with Crippen molar-refractivity contribution in [1.82, 2.24) is 10.2 Å². The van der Waals surface area contributed by atoms with Crippen LogP contribution in [0.1, 0.15) is 22.7 Å². The van der Waals surface area contributed by atoms with E-state index in [0.29, 0.717) is 6.04 Å². The van der Waals surface area contributed by atoms with Crippen molar-refractivity contribution in [1.29, 1.82) is 0 Å². The normalized spacial score (nSPS) is 19.3. The van der Waals surface area contributed by atoms with Crippen molar-refractivity contribution in [3.05, 3.63) is 65.2 Å². The van der Waals surface area contributed by atoms with E-state index < -0.39 is 0 Å². The minimum atomic E-state index is 0.381. The van der Waals surface area contributed by atoms with Gasteiger partial charge in [-0.2, -0.15) is 0 Å². The van der Waals surface area contributed by atoms with Crippen molar-refractivity contribution in [3.63, 3.8) is 0 Å². The fraction of sp³-hybridized carbons (Fsp3) is 0.500. The molecule has 2 fully saturated rings. The fourth-order valence-electron chi connectivity index (χ4n) is 4.22. The highest BCUT2D eigenvalue weighted by Crippen LogP contribution is 2.23. The predicted molar refractivity (Wildman–Crippen MR) is 117 cm³/mol. The largest absolute Gasteiger partial charge is 0.379 e. The third kappa shape index (κ3) is 5.58. The lowest BCUT2D eigenvalue weighted by Crippen LogP contribution is -2.42. The first kappa shape index (κ1) is 20.4. The van der Waals surface area contributed by atoms with Crippen LogP contribution in [0.25, 0.3) is 0 Å². The van der Waals surface area contributed by atoms with Crippen molar-refractivity contribution < 1.29 is 9.47 Å². The van der Waals surface area contributed by atoms with Gasteiger partial charge >= 0.3 is 0 Å². The quantitative estimate of drug-likeness (QED) is 0.780. The van der Waals surface area contributed by atoms with E-state index in [1.165, 1.54) is 22.4 Å². The van der Waals surface area contributed by atoms with Gasteiger partial charge in [0.15, 0.2) is 0 Å². The highest BCUT2D eigenvalue weighted by atomic mass is 16.5. The first-order valence-corrected chi connectivity index (χ1v) is 10.8. The number of anilines is 1. The SMILES string of the molecule is Cc1cccc(C(CNCc2ccc(N3CCOCC3)cc2)N2CCOCC2)c1. The van der Waals surface area contributed by atoms with Gasteiger partial charge < -0.3 is 19.7 Å². The third-order valence-electron chi connectivity index (χ3n) is 5.89. The fourth-order valence-corrected chi connectivity index (χ4v) is 4.22. The summed E-state index contributed by atoms with van der Waals surface area (Å²) < 4.78 is 11.0. The maximum Gasteiger partial charge on any atom is 0.0642 e. The van der Waals surface area contributed by atoms with Crippen LogP contribution in [0.4, 0.5) is 5.69 Å². The van der Waals surface area contributed by atoms with Gasteiger partial charge in [0.05, 0.1) is 26.4 Å². The lowest BCUT2D eigenvalue weighted by molar-refractivity contribution is 0.0161. The van der Waals surface area contributed by atoms with Gasteiger partial charge in [0.25, 0.3) is 0 Å². The summed E-state index contributed by atoms with van der Waals surface area (Å²) in [7, 11) is 0. The van der Waals surface area contributed by atoms with Gasteiger partial charge in [-0.1, -0.05) is 42.0 Å². The summed E-state index contributed by atoms with van der Waals surface area (Å²) in [5, 5.41) is 3.70. The van der Waals surface area contributed by atoms with Crippen molar-refractivity contribution in [2.45, 2.75) is 19.5 Å². The molecule has 0 radical (unpaired) electrons. The molecule has 5 heteroatoms. The van der Waals surface area contributed by atoms with Gasteiger partial charge in [0.1, 0.15) is 0 Å². The van der Waals surface area contributed by atoms with Crippen molar-refractivity contribution in [2.75, 3.05) is 64.1 Å². The molecule has 29 heavy (non-hydrogen) atoms. The zero-order chi connectivity index (χ0) is 19.9. The summed E-state index contributed by atoms with van der Waals surface area (Å²) in [6.45, 7) is 11.2. The van der Waals surface area contributed by atoms with Gasteiger partial charge in [-0.3, -0.25) is 4.90 Å². The summed E-state index contributed by atoms with van der Waals surface area (Å²) in [5.74, 6) is 0. The lowest BCUT2D eigenvalue weighted by atomic mass is 10.0. The molecule has 2 heterocycles. The average Bonchev–Trinajstić information content (AvgIpc) is 2.78. The number of nitrogens with one attached hydrogen (secondary N) is 1. The van der Waals surface area contributed by atoms with Gasteiger partial charge in [0.2, 0.25) is 0 Å². The Morgan fingerprint density at radius 1 is 0.897 bits per heavy atom. The van der Waals surface area contributed by atoms with Crippen LogP contribution in [0.3, 0.4) is 0 Å². The number of morpholine rings is 2. The average molecular weight is 396 g/mol. The van der Waals surface area contributed by atoms with Gasteiger partial charge in [-0.25, -0.2) is 0 Å². The molecule has 4 rings (SSSR count). The Morgan fingerprint density at radius 2 is 1.59 bits per heavy atom. The molecule has 156 valence electrons. The molecular formula is C24H33N3O2. The highest BCUT2D eigenvalue weighted by molar-refractivity contribution is 5.47. The molecule has 1 N–H and O–H groups in total. The van der Waals surface area contributed by atoms with E-state index in [4.69, 9.17) is 9.47 Å². The molecule has 0 spiro atoms. The molecule has 1 unspecified atom stereocenters. The van der Waals surface area contributed by atoms with Crippen LogP contribution in [0.5, 0.6) is 0 Å². The van der Waals surface area contributed by atoms with Gasteiger partial charge in [0, 0.05) is 51.0 Å². The first-order valence-electron chi connectivity index (χ1n) is 10.8. The van der Waals surface area contributed by atoms with Crippen molar-refractivity contribution in [3.8, 4) is 0 Å². The minimum Gasteiger partial charge on any atom is -0.379 e. The second kappa shape index (κ2) is 10.2. The van der Waals surface area contributed by atoms with E-state index in [0.717, 1.165) is 65.7 Å². The molecule has 0 saturated carbocycles. The molecule has 0 bridgehead atoms. The van der Waals surface area contributed by atoms with Crippen molar-refractivity contribution in [2.24, 2.45) is 0 Å². The van der Waals surface area contributed by atoms with Crippen LogP contribution in [0, 0.1) is 6.92 Å². The maximum absolute atomic E-state index is 5.57. The molecule has 2 aromatic rings. The minimum absolute atomic E-state index is 0.381. The van der Waals surface area contributed by atoms with Crippen molar-refractivity contribution >= 4 is 5.69 Å². The highest BCUT2D eigenvalue weighted by Gasteiger charge is 2.22. The Balaban J connectivity index is 1.36. The molecule has 0 aliphatic carbocycles. The first-order chi connectivity index (χ1) is 14.3. The summed E-state index contributed by atoms with van der Waals surface area (Å²) in [5.41, 5.74) is 5.33. The molecule has 2 saturated heterocycles. The van der Waals surface area contributed by atoms with Crippen LogP contribution in [0.15, 0.2) is 48.5 Å². The molecule has 0 aromatic heterocycles. The van der Waals surface area contributed by atoms with E-state index in [-0.39, 0.29) is 0 Å². The number of aryl methyl sites for hydroxylation is 1. The third-order valence-corrected chi connectivity index (χ3v) is 5.89. The van der Waals surface area contributed by atoms with E-state index in [1.54, 1.807) is 0 Å². The topological polar surface area (TPSA) is 37.0 Å². The molecule has 0 amide bonds. The molecule has 2 aromatic carbocycles. The maximum atomic E-state index is 5.57. The summed E-state index contributed by atoms with van der Waals surface area (Å²) in [4.78, 5) is 4.94. The summed E-state index contributed by atoms with van der Waals surface area (Å²) in [6, 6.07) is 18.3. The predicted octanol–water partition coefficient (Wildman–Crippen LogP) is 2.99. The molecule has 1 atom stereocenters. The second-order valence-corrected chi connectivity index (χ2v) is 7.98. The zero-order valence-corrected chi connectivity index (χ0v) is 17.5. The Bertz CT molecular complexity index is 753. The van der Waals surface area contributed by atoms with E-state index >= 15 is 0 Å². The van der Waals surface area contributed by atoms with Crippen LogP contribution in [0.2, 0.25) is 0 Å².